The van der Waals surface area contributed by atoms with E-state index in [-0.39, 0.29) is 0 Å². The summed E-state index contributed by atoms with van der Waals surface area (Å²) in [4.78, 5) is 4.35. The maximum atomic E-state index is 4.35. The molecule has 3 aromatic rings. The van der Waals surface area contributed by atoms with Gasteiger partial charge in [0.1, 0.15) is 0 Å². The Bertz CT molecular complexity index is 669. The van der Waals surface area contributed by atoms with Crippen molar-refractivity contribution in [3.05, 3.63) is 83.4 Å². The van der Waals surface area contributed by atoms with Crippen molar-refractivity contribution in [1.29, 1.82) is 0 Å². The number of aryl methyl sites for hydroxylation is 1. The molecule has 0 radical (unpaired) electrons. The highest BCUT2D eigenvalue weighted by Gasteiger charge is 2.00. The summed E-state index contributed by atoms with van der Waals surface area (Å²) in [5.74, 6) is 0. The molecule has 0 bridgehead atoms. The summed E-state index contributed by atoms with van der Waals surface area (Å²) in [6, 6.07) is 14.7. The Morgan fingerprint density at radius 2 is 1.80 bits per heavy atom. The predicted octanol–water partition coefficient (Wildman–Crippen LogP) is 3.23. The molecule has 2 aromatic heterocycles. The van der Waals surface area contributed by atoms with E-state index in [0.29, 0.717) is 0 Å². The number of hydrogen-bond donors (Lipinski definition) is 0. The molecule has 3 heteroatoms. The van der Waals surface area contributed by atoms with Gasteiger partial charge in [-0.2, -0.15) is 5.10 Å². The van der Waals surface area contributed by atoms with E-state index >= 15 is 0 Å². The van der Waals surface area contributed by atoms with Crippen molar-refractivity contribution in [2.75, 3.05) is 0 Å². The molecule has 0 saturated carbocycles. The third kappa shape index (κ3) is 3.12. The van der Waals surface area contributed by atoms with Gasteiger partial charge in [0.25, 0.3) is 0 Å². The second kappa shape index (κ2) is 5.70. The quantitative estimate of drug-likeness (QED) is 0.723. The van der Waals surface area contributed by atoms with Crippen LogP contribution in [0.2, 0.25) is 0 Å². The minimum Gasteiger partial charge on any atom is -0.268 e. The van der Waals surface area contributed by atoms with Crippen molar-refractivity contribution in [3.8, 4) is 0 Å². The van der Waals surface area contributed by atoms with Crippen LogP contribution in [0.25, 0.3) is 0 Å². The SMILES string of the molecule is Cc1cnn(Cc2ccc(Cc3ccccn3)cc2)c1. The Hall–Kier alpha value is -2.42. The largest absolute Gasteiger partial charge is 0.268 e. The molecule has 0 amide bonds. The van der Waals surface area contributed by atoms with Crippen LogP contribution in [0.4, 0.5) is 0 Å². The Morgan fingerprint density at radius 3 is 2.45 bits per heavy atom. The van der Waals surface area contributed by atoms with Gasteiger partial charge in [0.2, 0.25) is 0 Å². The molecule has 3 nitrogen and oxygen atoms in total. The topological polar surface area (TPSA) is 30.7 Å². The van der Waals surface area contributed by atoms with E-state index in [1.54, 1.807) is 0 Å². The van der Waals surface area contributed by atoms with Crippen molar-refractivity contribution in [2.45, 2.75) is 19.9 Å². The fourth-order valence-corrected chi connectivity index (χ4v) is 2.21. The highest BCUT2D eigenvalue weighted by atomic mass is 15.3. The molecule has 100 valence electrons. The summed E-state index contributed by atoms with van der Waals surface area (Å²) in [6.45, 7) is 2.87. The molecule has 3 rings (SSSR count). The van der Waals surface area contributed by atoms with Crippen molar-refractivity contribution in [2.24, 2.45) is 0 Å². The minimum atomic E-state index is 0.817. The summed E-state index contributed by atoms with van der Waals surface area (Å²) < 4.78 is 1.96. The first-order chi connectivity index (χ1) is 9.79. The molecule has 0 N–H and O–H groups in total. The van der Waals surface area contributed by atoms with E-state index in [0.717, 1.165) is 18.7 Å². The zero-order valence-electron chi connectivity index (χ0n) is 11.5. The van der Waals surface area contributed by atoms with Crippen LogP contribution in [0.1, 0.15) is 22.4 Å². The molecule has 0 saturated heterocycles. The zero-order valence-corrected chi connectivity index (χ0v) is 11.5. The molecule has 20 heavy (non-hydrogen) atoms. The third-order valence-electron chi connectivity index (χ3n) is 3.24. The van der Waals surface area contributed by atoms with E-state index < -0.39 is 0 Å². The molecule has 1 aromatic carbocycles. The third-order valence-corrected chi connectivity index (χ3v) is 3.24. The second-order valence-corrected chi connectivity index (χ2v) is 5.03. The number of aromatic nitrogens is 3. The van der Waals surface area contributed by atoms with Crippen LogP contribution in [0.3, 0.4) is 0 Å². The molecular formula is C17H17N3. The van der Waals surface area contributed by atoms with Crippen molar-refractivity contribution >= 4 is 0 Å². The average molecular weight is 263 g/mol. The molecule has 0 unspecified atom stereocenters. The first kappa shape index (κ1) is 12.6. The summed E-state index contributed by atoms with van der Waals surface area (Å²) >= 11 is 0. The van der Waals surface area contributed by atoms with E-state index in [2.05, 4.69) is 53.5 Å². The van der Waals surface area contributed by atoms with Crippen LogP contribution >= 0.6 is 0 Å². The standard InChI is InChI=1S/C17H17N3/c1-14-11-19-20(12-14)13-16-7-5-15(6-8-16)10-17-4-2-3-9-18-17/h2-9,11-12H,10,13H2,1H3. The molecule has 0 aliphatic heterocycles. The molecule has 0 fully saturated rings. The fraction of sp³-hybridized carbons (Fsp3) is 0.176. The minimum absolute atomic E-state index is 0.817. The number of nitrogens with zero attached hydrogens (tertiary/aromatic N) is 3. The lowest BCUT2D eigenvalue weighted by atomic mass is 10.1. The van der Waals surface area contributed by atoms with Crippen LogP contribution in [0.15, 0.2) is 61.1 Å². The summed E-state index contributed by atoms with van der Waals surface area (Å²) in [7, 11) is 0. The first-order valence-electron chi connectivity index (χ1n) is 6.76. The van der Waals surface area contributed by atoms with Crippen molar-refractivity contribution in [3.63, 3.8) is 0 Å². The van der Waals surface area contributed by atoms with Crippen LogP contribution < -0.4 is 0 Å². The van der Waals surface area contributed by atoms with Gasteiger partial charge in [-0.25, -0.2) is 0 Å². The summed E-state index contributed by atoms with van der Waals surface area (Å²) in [6.07, 6.45) is 6.66. The first-order valence-corrected chi connectivity index (χ1v) is 6.76. The van der Waals surface area contributed by atoms with Gasteiger partial charge in [0, 0.05) is 24.5 Å². The fourth-order valence-electron chi connectivity index (χ4n) is 2.21. The summed E-state index contributed by atoms with van der Waals surface area (Å²) in [5, 5.41) is 4.31. The molecule has 0 atom stereocenters. The monoisotopic (exact) mass is 263 g/mol. The smallest absolute Gasteiger partial charge is 0.0659 e. The lowest BCUT2D eigenvalue weighted by Gasteiger charge is -2.04. The van der Waals surface area contributed by atoms with Gasteiger partial charge in [-0.05, 0) is 35.7 Å². The van der Waals surface area contributed by atoms with Crippen LogP contribution in [-0.4, -0.2) is 14.8 Å². The van der Waals surface area contributed by atoms with Crippen LogP contribution in [-0.2, 0) is 13.0 Å². The normalized spacial score (nSPS) is 10.7. The van der Waals surface area contributed by atoms with Gasteiger partial charge >= 0.3 is 0 Å². The second-order valence-electron chi connectivity index (χ2n) is 5.03. The van der Waals surface area contributed by atoms with Crippen molar-refractivity contribution < 1.29 is 0 Å². The van der Waals surface area contributed by atoms with Crippen LogP contribution in [0, 0.1) is 6.92 Å². The number of pyridine rings is 1. The molecule has 0 aliphatic carbocycles. The van der Waals surface area contributed by atoms with E-state index in [9.17, 15) is 0 Å². The van der Waals surface area contributed by atoms with E-state index in [1.165, 1.54) is 16.7 Å². The van der Waals surface area contributed by atoms with Gasteiger partial charge < -0.3 is 0 Å². The Kier molecular flexibility index (Phi) is 3.59. The van der Waals surface area contributed by atoms with E-state index in [1.807, 2.05) is 29.2 Å². The van der Waals surface area contributed by atoms with E-state index in [4.69, 9.17) is 0 Å². The summed E-state index contributed by atoms with van der Waals surface area (Å²) in [5.41, 5.74) is 4.83. The van der Waals surface area contributed by atoms with Crippen molar-refractivity contribution in [1.82, 2.24) is 14.8 Å². The Morgan fingerprint density at radius 1 is 1.00 bits per heavy atom. The van der Waals surface area contributed by atoms with Gasteiger partial charge in [-0.1, -0.05) is 30.3 Å². The Balaban J connectivity index is 1.68. The molecular weight excluding hydrogens is 246 g/mol. The maximum absolute atomic E-state index is 4.35. The van der Waals surface area contributed by atoms with Gasteiger partial charge in [0.15, 0.2) is 0 Å². The number of hydrogen-bond acceptors (Lipinski definition) is 2. The van der Waals surface area contributed by atoms with Crippen LogP contribution in [0.5, 0.6) is 0 Å². The predicted molar refractivity (Wildman–Crippen MR) is 79.6 cm³/mol. The highest BCUT2D eigenvalue weighted by molar-refractivity contribution is 5.26. The Labute approximate surface area is 118 Å². The molecule has 0 spiro atoms. The lowest BCUT2D eigenvalue weighted by Crippen LogP contribution is -2.00. The zero-order chi connectivity index (χ0) is 13.8. The lowest BCUT2D eigenvalue weighted by molar-refractivity contribution is 0.686. The molecule has 0 aliphatic rings. The highest BCUT2D eigenvalue weighted by Crippen LogP contribution is 2.10. The number of rotatable bonds is 4. The number of benzene rings is 1. The molecule has 2 heterocycles. The van der Waals surface area contributed by atoms with Gasteiger partial charge in [-0.15, -0.1) is 0 Å². The van der Waals surface area contributed by atoms with Gasteiger partial charge in [0.05, 0.1) is 12.7 Å². The maximum Gasteiger partial charge on any atom is 0.0659 e. The van der Waals surface area contributed by atoms with Gasteiger partial charge in [-0.3, -0.25) is 9.67 Å². The average Bonchev–Trinajstić information content (AvgIpc) is 2.88.